The molecule has 0 aromatic heterocycles. The maximum absolute atomic E-state index is 15.1. The third-order valence-corrected chi connectivity index (χ3v) is 9.23. The monoisotopic (exact) mass is 478 g/mol. The van der Waals surface area contributed by atoms with Crippen LogP contribution in [0.5, 0.6) is 0 Å². The van der Waals surface area contributed by atoms with Crippen molar-refractivity contribution in [3.63, 3.8) is 0 Å². The molecule has 35 heavy (non-hydrogen) atoms. The Bertz CT molecular complexity index is 884. The van der Waals surface area contributed by atoms with E-state index < -0.39 is 0 Å². The van der Waals surface area contributed by atoms with Crippen LogP contribution in [0.15, 0.2) is 42.5 Å². The fraction of sp³-hybridized carbons (Fsp3) is 0.636. The van der Waals surface area contributed by atoms with Gasteiger partial charge < -0.3 is 4.74 Å². The molecule has 0 heterocycles. The van der Waals surface area contributed by atoms with E-state index in [0.717, 1.165) is 47.3 Å². The lowest BCUT2D eigenvalue weighted by molar-refractivity contribution is 0.0266. The molecule has 0 aliphatic heterocycles. The number of aryl methyl sites for hydroxylation is 1. The molecule has 1 nitrogen and oxygen atoms in total. The summed E-state index contributed by atoms with van der Waals surface area (Å²) in [7, 11) is 1.85. The molecule has 0 spiro atoms. The van der Waals surface area contributed by atoms with Crippen molar-refractivity contribution in [3.8, 4) is 11.1 Å². The lowest BCUT2D eigenvalue weighted by atomic mass is 9.77. The molecule has 2 aromatic rings. The molecule has 1 unspecified atom stereocenters. The van der Waals surface area contributed by atoms with Gasteiger partial charge in [0.05, 0.1) is 6.10 Å². The van der Waals surface area contributed by atoms with Gasteiger partial charge in [-0.05, 0) is 104 Å². The molecule has 2 aliphatic rings. The first-order valence-corrected chi connectivity index (χ1v) is 14.5. The number of halogens is 1. The topological polar surface area (TPSA) is 9.23 Å². The van der Waals surface area contributed by atoms with Crippen molar-refractivity contribution < 1.29 is 9.13 Å². The van der Waals surface area contributed by atoms with Crippen LogP contribution >= 0.6 is 0 Å². The number of benzene rings is 2. The SMILES string of the molecule is CCCC1CCC(c2ccc(-c3ccc(CCC4CCC(C(CC)OC)CC4)cc3F)cc2)CC1. The van der Waals surface area contributed by atoms with Gasteiger partial charge >= 0.3 is 0 Å². The van der Waals surface area contributed by atoms with Gasteiger partial charge in [-0.15, -0.1) is 0 Å². The first-order valence-electron chi connectivity index (χ1n) is 14.5. The lowest BCUT2D eigenvalue weighted by Crippen LogP contribution is -2.27. The fourth-order valence-corrected chi connectivity index (χ4v) is 6.99. The van der Waals surface area contributed by atoms with E-state index in [0.29, 0.717) is 12.0 Å². The summed E-state index contributed by atoms with van der Waals surface area (Å²) < 4.78 is 20.7. The van der Waals surface area contributed by atoms with E-state index in [4.69, 9.17) is 4.74 Å². The zero-order valence-corrected chi connectivity index (χ0v) is 22.4. The first-order chi connectivity index (χ1) is 17.1. The Morgan fingerprint density at radius 1 is 0.829 bits per heavy atom. The number of hydrogen-bond donors (Lipinski definition) is 0. The van der Waals surface area contributed by atoms with Crippen LogP contribution in [-0.4, -0.2) is 13.2 Å². The second-order valence-corrected chi connectivity index (χ2v) is 11.4. The predicted molar refractivity (Wildman–Crippen MR) is 146 cm³/mol. The molecular formula is C33H47FO. The number of ether oxygens (including phenoxy) is 1. The molecular weight excluding hydrogens is 431 g/mol. The molecule has 0 bridgehead atoms. The summed E-state index contributed by atoms with van der Waals surface area (Å²) in [5.74, 6) is 3.03. The molecule has 4 rings (SSSR count). The summed E-state index contributed by atoms with van der Waals surface area (Å²) in [6.07, 6.45) is 16.9. The highest BCUT2D eigenvalue weighted by Crippen LogP contribution is 2.38. The minimum atomic E-state index is -0.0788. The highest BCUT2D eigenvalue weighted by Gasteiger charge is 2.26. The van der Waals surface area contributed by atoms with E-state index in [1.54, 1.807) is 6.07 Å². The average molecular weight is 479 g/mol. The summed E-state index contributed by atoms with van der Waals surface area (Å²) in [6, 6.07) is 14.7. The summed E-state index contributed by atoms with van der Waals surface area (Å²) in [4.78, 5) is 0. The lowest BCUT2D eigenvalue weighted by Gasteiger charge is -2.32. The highest BCUT2D eigenvalue weighted by molar-refractivity contribution is 5.65. The minimum Gasteiger partial charge on any atom is -0.381 e. The van der Waals surface area contributed by atoms with E-state index in [9.17, 15) is 0 Å². The Labute approximate surface area is 213 Å². The molecule has 192 valence electrons. The van der Waals surface area contributed by atoms with Crippen LogP contribution in [0, 0.1) is 23.6 Å². The maximum Gasteiger partial charge on any atom is 0.131 e. The molecule has 0 amide bonds. The van der Waals surface area contributed by atoms with E-state index >= 15 is 4.39 Å². The second-order valence-electron chi connectivity index (χ2n) is 11.4. The Kier molecular flexibility index (Phi) is 9.83. The molecule has 0 radical (unpaired) electrons. The van der Waals surface area contributed by atoms with Gasteiger partial charge in [-0.1, -0.05) is 75.9 Å². The quantitative estimate of drug-likeness (QED) is 0.330. The van der Waals surface area contributed by atoms with Gasteiger partial charge in [0.2, 0.25) is 0 Å². The molecule has 2 aromatic carbocycles. The van der Waals surface area contributed by atoms with Crippen LogP contribution in [0.25, 0.3) is 11.1 Å². The first kappa shape index (κ1) is 26.4. The van der Waals surface area contributed by atoms with Gasteiger partial charge in [0, 0.05) is 12.7 Å². The highest BCUT2D eigenvalue weighted by atomic mass is 19.1. The molecule has 0 N–H and O–H groups in total. The Hall–Kier alpha value is -1.67. The summed E-state index contributed by atoms with van der Waals surface area (Å²) in [5.41, 5.74) is 4.31. The van der Waals surface area contributed by atoms with E-state index in [2.05, 4.69) is 44.2 Å². The predicted octanol–water partition coefficient (Wildman–Crippen LogP) is 9.73. The summed E-state index contributed by atoms with van der Waals surface area (Å²) in [5, 5.41) is 0. The van der Waals surface area contributed by atoms with E-state index in [-0.39, 0.29) is 5.82 Å². The van der Waals surface area contributed by atoms with Crippen molar-refractivity contribution in [3.05, 3.63) is 59.4 Å². The van der Waals surface area contributed by atoms with Crippen molar-refractivity contribution in [1.29, 1.82) is 0 Å². The molecule has 2 aliphatic carbocycles. The largest absolute Gasteiger partial charge is 0.381 e. The zero-order valence-electron chi connectivity index (χ0n) is 22.4. The molecule has 1 atom stereocenters. The van der Waals surface area contributed by atoms with Gasteiger partial charge in [0.25, 0.3) is 0 Å². The van der Waals surface area contributed by atoms with E-state index in [1.165, 1.54) is 76.2 Å². The van der Waals surface area contributed by atoms with Crippen molar-refractivity contribution in [1.82, 2.24) is 0 Å². The van der Waals surface area contributed by atoms with Crippen LogP contribution in [0.4, 0.5) is 4.39 Å². The Morgan fingerprint density at radius 3 is 2.09 bits per heavy atom. The standard InChI is InChI=1S/C33H47FO/c1-4-6-24-9-14-27(15-10-24)28-18-20-29(21-19-28)31-22-13-26(23-32(31)34)8-7-25-11-16-30(17-12-25)33(5-2)35-3/h13,18-25,27,30,33H,4-12,14-17H2,1-3H3. The van der Waals surface area contributed by atoms with Crippen LogP contribution in [0.1, 0.15) is 108 Å². The van der Waals surface area contributed by atoms with Gasteiger partial charge in [-0.3, -0.25) is 0 Å². The third-order valence-electron chi connectivity index (χ3n) is 9.23. The minimum absolute atomic E-state index is 0.0788. The molecule has 2 fully saturated rings. The van der Waals surface area contributed by atoms with Crippen LogP contribution in [-0.2, 0) is 11.2 Å². The number of rotatable bonds is 10. The zero-order chi connectivity index (χ0) is 24.6. The van der Waals surface area contributed by atoms with Gasteiger partial charge in [0.15, 0.2) is 0 Å². The third kappa shape index (κ3) is 6.97. The Balaban J connectivity index is 1.28. The molecule has 0 saturated heterocycles. The van der Waals surface area contributed by atoms with Crippen molar-refractivity contribution in [2.45, 2.75) is 109 Å². The number of hydrogen-bond acceptors (Lipinski definition) is 1. The smallest absolute Gasteiger partial charge is 0.131 e. The molecule has 2 saturated carbocycles. The second kappa shape index (κ2) is 13.0. The van der Waals surface area contributed by atoms with Crippen LogP contribution < -0.4 is 0 Å². The maximum atomic E-state index is 15.1. The Morgan fingerprint density at radius 2 is 1.49 bits per heavy atom. The molecule has 2 heteroatoms. The van der Waals surface area contributed by atoms with Gasteiger partial charge in [-0.25, -0.2) is 4.39 Å². The van der Waals surface area contributed by atoms with Gasteiger partial charge in [-0.2, -0.15) is 0 Å². The van der Waals surface area contributed by atoms with Crippen molar-refractivity contribution in [2.24, 2.45) is 17.8 Å². The summed E-state index contributed by atoms with van der Waals surface area (Å²) >= 11 is 0. The summed E-state index contributed by atoms with van der Waals surface area (Å²) in [6.45, 7) is 4.53. The van der Waals surface area contributed by atoms with Crippen LogP contribution in [0.2, 0.25) is 0 Å². The number of methoxy groups -OCH3 is 1. The van der Waals surface area contributed by atoms with Gasteiger partial charge in [0.1, 0.15) is 5.82 Å². The van der Waals surface area contributed by atoms with Crippen molar-refractivity contribution >= 4 is 0 Å². The average Bonchev–Trinajstić information content (AvgIpc) is 2.90. The van der Waals surface area contributed by atoms with Crippen molar-refractivity contribution in [2.75, 3.05) is 7.11 Å². The van der Waals surface area contributed by atoms with Crippen LogP contribution in [0.3, 0.4) is 0 Å². The fourth-order valence-electron chi connectivity index (χ4n) is 6.99. The normalized spacial score (nSPS) is 25.9. The van der Waals surface area contributed by atoms with E-state index in [1.807, 2.05) is 13.2 Å².